The third kappa shape index (κ3) is 3.75. The Labute approximate surface area is 124 Å². The maximum atomic E-state index is 11.4. The first-order valence-corrected chi connectivity index (χ1v) is 6.63. The molecule has 0 aliphatic rings. The summed E-state index contributed by atoms with van der Waals surface area (Å²) >= 11 is 0. The zero-order chi connectivity index (χ0) is 15.2. The summed E-state index contributed by atoms with van der Waals surface area (Å²) in [5.41, 5.74) is 1.55. The highest BCUT2D eigenvalue weighted by Gasteiger charge is 2.09. The van der Waals surface area contributed by atoms with E-state index in [1.54, 1.807) is 31.4 Å². The normalized spacial score (nSPS) is 11.6. The van der Waals surface area contributed by atoms with Crippen molar-refractivity contribution in [2.24, 2.45) is 0 Å². The van der Waals surface area contributed by atoms with E-state index in [4.69, 9.17) is 9.47 Å². The van der Waals surface area contributed by atoms with Crippen molar-refractivity contribution in [1.29, 1.82) is 0 Å². The maximum Gasteiger partial charge on any atom is 0.337 e. The second kappa shape index (κ2) is 6.79. The Kier molecular flexibility index (Phi) is 4.82. The minimum absolute atomic E-state index is 0.0973. The average Bonchev–Trinajstić information content (AvgIpc) is 2.55. The van der Waals surface area contributed by atoms with Gasteiger partial charge in [-0.25, -0.2) is 4.79 Å². The summed E-state index contributed by atoms with van der Waals surface area (Å²) in [6, 6.07) is 14.6. The predicted octanol–water partition coefficient (Wildman–Crippen LogP) is 3.62. The van der Waals surface area contributed by atoms with Crippen molar-refractivity contribution in [2.75, 3.05) is 14.2 Å². The van der Waals surface area contributed by atoms with Crippen molar-refractivity contribution in [3.63, 3.8) is 0 Å². The van der Waals surface area contributed by atoms with Crippen molar-refractivity contribution in [1.82, 2.24) is 0 Å². The molecule has 1 atom stereocenters. The fourth-order valence-electron chi connectivity index (χ4n) is 1.93. The number of rotatable bonds is 5. The maximum absolute atomic E-state index is 11.4. The first kappa shape index (κ1) is 14.9. The van der Waals surface area contributed by atoms with Crippen LogP contribution < -0.4 is 9.47 Å². The molecular formula is C17H18O4. The van der Waals surface area contributed by atoms with Crippen molar-refractivity contribution in [3.05, 3.63) is 59.7 Å². The van der Waals surface area contributed by atoms with Gasteiger partial charge in [0.2, 0.25) is 0 Å². The van der Waals surface area contributed by atoms with Crippen molar-refractivity contribution in [2.45, 2.75) is 13.0 Å². The fraction of sp³-hybridized carbons (Fsp3) is 0.235. The molecular weight excluding hydrogens is 268 g/mol. The molecule has 0 N–H and O–H groups in total. The predicted molar refractivity (Wildman–Crippen MR) is 79.8 cm³/mol. The SMILES string of the molecule is COC(=O)c1ccc(OC(C)c2ccc(OC)cc2)cc1. The van der Waals surface area contributed by atoms with E-state index in [-0.39, 0.29) is 12.1 Å². The van der Waals surface area contributed by atoms with Crippen LogP contribution in [-0.4, -0.2) is 20.2 Å². The summed E-state index contributed by atoms with van der Waals surface area (Å²) in [6.07, 6.45) is -0.0973. The number of hydrogen-bond acceptors (Lipinski definition) is 4. The summed E-state index contributed by atoms with van der Waals surface area (Å²) in [5.74, 6) is 1.16. The van der Waals surface area contributed by atoms with Crippen LogP contribution in [-0.2, 0) is 4.74 Å². The van der Waals surface area contributed by atoms with Gasteiger partial charge >= 0.3 is 5.97 Å². The molecule has 0 fully saturated rings. The van der Waals surface area contributed by atoms with Gasteiger partial charge in [-0.05, 0) is 48.9 Å². The molecule has 0 saturated carbocycles. The third-order valence-corrected chi connectivity index (χ3v) is 3.17. The van der Waals surface area contributed by atoms with Crippen LogP contribution in [0, 0.1) is 0 Å². The Bertz CT molecular complexity index is 587. The van der Waals surface area contributed by atoms with E-state index in [1.165, 1.54) is 7.11 Å². The molecule has 110 valence electrons. The van der Waals surface area contributed by atoms with Gasteiger partial charge in [0.1, 0.15) is 17.6 Å². The van der Waals surface area contributed by atoms with Crippen LogP contribution >= 0.6 is 0 Å². The van der Waals surface area contributed by atoms with Crippen LogP contribution in [0.15, 0.2) is 48.5 Å². The van der Waals surface area contributed by atoms with E-state index in [9.17, 15) is 4.79 Å². The Morgan fingerprint density at radius 2 is 1.48 bits per heavy atom. The largest absolute Gasteiger partial charge is 0.497 e. The second-order valence-corrected chi connectivity index (χ2v) is 4.55. The molecule has 0 saturated heterocycles. The molecule has 0 spiro atoms. The molecule has 0 radical (unpaired) electrons. The minimum atomic E-state index is -0.357. The Balaban J connectivity index is 2.04. The number of ether oxygens (including phenoxy) is 3. The van der Waals surface area contributed by atoms with Gasteiger partial charge in [0.15, 0.2) is 0 Å². The monoisotopic (exact) mass is 286 g/mol. The highest BCUT2D eigenvalue weighted by molar-refractivity contribution is 5.89. The highest BCUT2D eigenvalue weighted by Crippen LogP contribution is 2.23. The van der Waals surface area contributed by atoms with Crippen molar-refractivity contribution >= 4 is 5.97 Å². The molecule has 0 heterocycles. The molecule has 2 aromatic carbocycles. The van der Waals surface area contributed by atoms with E-state index in [0.717, 1.165) is 11.3 Å². The van der Waals surface area contributed by atoms with Gasteiger partial charge in [-0.3, -0.25) is 0 Å². The Morgan fingerprint density at radius 1 is 0.905 bits per heavy atom. The lowest BCUT2D eigenvalue weighted by Crippen LogP contribution is -2.04. The smallest absolute Gasteiger partial charge is 0.337 e. The molecule has 1 unspecified atom stereocenters. The van der Waals surface area contributed by atoms with E-state index in [1.807, 2.05) is 31.2 Å². The number of methoxy groups -OCH3 is 2. The molecule has 0 aromatic heterocycles. The summed E-state index contributed by atoms with van der Waals surface area (Å²) in [5, 5.41) is 0. The lowest BCUT2D eigenvalue weighted by Gasteiger charge is -2.15. The first-order valence-electron chi connectivity index (χ1n) is 6.63. The molecule has 2 aromatic rings. The molecule has 0 aliphatic heterocycles. The standard InChI is InChI=1S/C17H18O4/c1-12(13-4-8-15(19-2)9-5-13)21-16-10-6-14(7-11-16)17(18)20-3/h4-12H,1-3H3. The van der Waals surface area contributed by atoms with Crippen molar-refractivity contribution in [3.8, 4) is 11.5 Å². The van der Waals surface area contributed by atoms with Crippen LogP contribution in [0.5, 0.6) is 11.5 Å². The molecule has 0 aliphatic carbocycles. The van der Waals surface area contributed by atoms with Gasteiger partial charge in [-0.1, -0.05) is 12.1 Å². The first-order chi connectivity index (χ1) is 10.1. The zero-order valence-electron chi connectivity index (χ0n) is 12.3. The average molecular weight is 286 g/mol. The van der Waals surface area contributed by atoms with Crippen molar-refractivity contribution < 1.29 is 19.0 Å². The van der Waals surface area contributed by atoms with Gasteiger partial charge in [-0.2, -0.15) is 0 Å². The van der Waals surface area contributed by atoms with Gasteiger partial charge in [0.05, 0.1) is 19.8 Å². The summed E-state index contributed by atoms with van der Waals surface area (Å²) < 4.78 is 15.6. The number of hydrogen-bond donors (Lipinski definition) is 0. The summed E-state index contributed by atoms with van der Waals surface area (Å²) in [7, 11) is 3.00. The van der Waals surface area contributed by atoms with Gasteiger partial charge in [-0.15, -0.1) is 0 Å². The summed E-state index contributed by atoms with van der Waals surface area (Å²) in [4.78, 5) is 11.4. The van der Waals surface area contributed by atoms with E-state index in [2.05, 4.69) is 4.74 Å². The lowest BCUT2D eigenvalue weighted by molar-refractivity contribution is 0.0600. The van der Waals surface area contributed by atoms with Crippen LogP contribution in [0.25, 0.3) is 0 Å². The van der Waals surface area contributed by atoms with Crippen LogP contribution in [0.1, 0.15) is 28.9 Å². The lowest BCUT2D eigenvalue weighted by atomic mass is 10.1. The zero-order valence-corrected chi connectivity index (χ0v) is 12.3. The molecule has 2 rings (SSSR count). The number of carbonyl (C=O) groups excluding carboxylic acids is 1. The molecule has 4 nitrogen and oxygen atoms in total. The number of carbonyl (C=O) groups is 1. The number of esters is 1. The van der Waals surface area contributed by atoms with E-state index < -0.39 is 0 Å². The van der Waals surface area contributed by atoms with Crippen LogP contribution in [0.3, 0.4) is 0 Å². The van der Waals surface area contributed by atoms with Gasteiger partial charge < -0.3 is 14.2 Å². The summed E-state index contributed by atoms with van der Waals surface area (Å²) in [6.45, 7) is 1.97. The minimum Gasteiger partial charge on any atom is -0.497 e. The van der Waals surface area contributed by atoms with E-state index >= 15 is 0 Å². The van der Waals surface area contributed by atoms with E-state index in [0.29, 0.717) is 11.3 Å². The molecule has 4 heteroatoms. The van der Waals surface area contributed by atoms with Crippen LogP contribution in [0.2, 0.25) is 0 Å². The Hall–Kier alpha value is -2.49. The molecule has 0 amide bonds. The second-order valence-electron chi connectivity index (χ2n) is 4.55. The fourth-order valence-corrected chi connectivity index (χ4v) is 1.93. The number of benzene rings is 2. The topological polar surface area (TPSA) is 44.8 Å². The van der Waals surface area contributed by atoms with Gasteiger partial charge in [0.25, 0.3) is 0 Å². The molecule has 21 heavy (non-hydrogen) atoms. The van der Waals surface area contributed by atoms with Crippen LogP contribution in [0.4, 0.5) is 0 Å². The molecule has 0 bridgehead atoms. The highest BCUT2D eigenvalue weighted by atomic mass is 16.5. The Morgan fingerprint density at radius 3 is 2.00 bits per heavy atom. The third-order valence-electron chi connectivity index (χ3n) is 3.17. The van der Waals surface area contributed by atoms with Gasteiger partial charge in [0, 0.05) is 0 Å². The quantitative estimate of drug-likeness (QED) is 0.787.